The lowest BCUT2D eigenvalue weighted by molar-refractivity contribution is -0.0761. The van der Waals surface area contributed by atoms with Crippen LogP contribution in [-0.2, 0) is 5.92 Å². The summed E-state index contributed by atoms with van der Waals surface area (Å²) in [6.45, 7) is 2.65. The molecule has 9 heteroatoms. The van der Waals surface area contributed by atoms with Crippen LogP contribution in [0.1, 0.15) is 36.9 Å². The lowest BCUT2D eigenvalue weighted by Gasteiger charge is -2.37. The number of hydrogen-bond acceptors (Lipinski definition) is 5. The fourth-order valence-corrected chi connectivity index (χ4v) is 4.39. The highest BCUT2D eigenvalue weighted by Gasteiger charge is 2.45. The van der Waals surface area contributed by atoms with Gasteiger partial charge >= 0.3 is 0 Å². The van der Waals surface area contributed by atoms with Gasteiger partial charge in [0.25, 0.3) is 5.92 Å². The van der Waals surface area contributed by atoms with E-state index in [1.165, 1.54) is 6.07 Å². The zero-order chi connectivity index (χ0) is 22.5. The number of piperidine rings is 1. The van der Waals surface area contributed by atoms with Crippen LogP contribution in [0.3, 0.4) is 0 Å². The Kier molecular flexibility index (Phi) is 5.35. The predicted molar refractivity (Wildman–Crippen MR) is 119 cm³/mol. The fraction of sp³-hybridized carbons (Fsp3) is 0.435. The van der Waals surface area contributed by atoms with Crippen molar-refractivity contribution in [2.75, 3.05) is 23.3 Å². The summed E-state index contributed by atoms with van der Waals surface area (Å²) >= 11 is 5.85. The van der Waals surface area contributed by atoms with E-state index in [4.69, 9.17) is 21.6 Å². The molecular formula is C23H23ClF3N5. The number of nitrogens with zero attached hydrogens (tertiary/aromatic N) is 4. The van der Waals surface area contributed by atoms with Crippen molar-refractivity contribution in [3.8, 4) is 0 Å². The van der Waals surface area contributed by atoms with E-state index < -0.39 is 23.2 Å². The highest BCUT2D eigenvalue weighted by atomic mass is 35.5. The summed E-state index contributed by atoms with van der Waals surface area (Å²) in [5.74, 6) is -3.88. The number of halogens is 4. The molecule has 1 aliphatic heterocycles. The highest BCUT2D eigenvalue weighted by molar-refractivity contribution is 6.30. The minimum atomic E-state index is -3.30. The number of fused-ring (bicyclic) bond motifs is 1. The van der Waals surface area contributed by atoms with Crippen molar-refractivity contribution < 1.29 is 13.2 Å². The number of anilines is 2. The number of pyridine rings is 1. The molecule has 0 radical (unpaired) electrons. The molecule has 168 valence electrons. The average Bonchev–Trinajstić information content (AvgIpc) is 3.59. The Balaban J connectivity index is 1.40. The lowest BCUT2D eigenvalue weighted by Crippen LogP contribution is -2.40. The SMILES string of the molecule is Cc1cc2nc(NC3CC3)c(N3CCC(C(F)(F)c4cc(Cl)ccc4F)CC3)nc2cn1. The molecule has 2 aliphatic rings. The van der Waals surface area contributed by atoms with Gasteiger partial charge in [-0.05, 0) is 56.9 Å². The van der Waals surface area contributed by atoms with Gasteiger partial charge in [-0.15, -0.1) is 0 Å². The van der Waals surface area contributed by atoms with Gasteiger partial charge < -0.3 is 10.2 Å². The first kappa shape index (κ1) is 21.2. The molecule has 3 aromatic rings. The third-order valence-electron chi connectivity index (χ3n) is 6.18. The van der Waals surface area contributed by atoms with Gasteiger partial charge in [-0.25, -0.2) is 23.1 Å². The second-order valence-corrected chi connectivity index (χ2v) is 9.07. The standard InChI is InChI=1S/C23H23ClF3N5/c1-13-10-19-20(12-28-13)31-22(21(30-19)29-16-3-4-16)32-8-6-14(7-9-32)23(26,27)17-11-15(24)2-5-18(17)25/h2,5,10-12,14,16H,3-4,6-9H2,1H3,(H,29,30). The Hall–Kier alpha value is -2.61. The molecular weight excluding hydrogens is 439 g/mol. The van der Waals surface area contributed by atoms with Crippen molar-refractivity contribution in [1.29, 1.82) is 0 Å². The number of hydrogen-bond donors (Lipinski definition) is 1. The molecule has 0 atom stereocenters. The molecule has 5 nitrogen and oxygen atoms in total. The summed E-state index contributed by atoms with van der Waals surface area (Å²) in [7, 11) is 0. The number of nitrogens with one attached hydrogen (secondary N) is 1. The molecule has 1 aromatic carbocycles. The van der Waals surface area contributed by atoms with Crippen LogP contribution < -0.4 is 10.2 Å². The van der Waals surface area contributed by atoms with Gasteiger partial charge in [-0.1, -0.05) is 11.6 Å². The number of alkyl halides is 2. The zero-order valence-corrected chi connectivity index (χ0v) is 18.3. The van der Waals surface area contributed by atoms with E-state index in [-0.39, 0.29) is 17.9 Å². The molecule has 3 heterocycles. The Bertz CT molecular complexity index is 1160. The van der Waals surface area contributed by atoms with E-state index in [1.54, 1.807) is 6.20 Å². The Labute approximate surface area is 189 Å². The average molecular weight is 462 g/mol. The summed E-state index contributed by atoms with van der Waals surface area (Å²) in [4.78, 5) is 15.8. The summed E-state index contributed by atoms with van der Waals surface area (Å²) in [6, 6.07) is 5.57. The first-order valence-electron chi connectivity index (χ1n) is 10.8. The summed E-state index contributed by atoms with van der Waals surface area (Å²) in [5.41, 5.74) is 1.64. The molecule has 2 aromatic heterocycles. The molecule has 0 bridgehead atoms. The third-order valence-corrected chi connectivity index (χ3v) is 6.42. The van der Waals surface area contributed by atoms with Gasteiger partial charge in [0.2, 0.25) is 0 Å². The highest BCUT2D eigenvalue weighted by Crippen LogP contribution is 2.44. The van der Waals surface area contributed by atoms with Gasteiger partial charge in [-0.2, -0.15) is 0 Å². The minimum Gasteiger partial charge on any atom is -0.364 e. The summed E-state index contributed by atoms with van der Waals surface area (Å²) in [5, 5.41) is 3.53. The lowest BCUT2D eigenvalue weighted by atomic mass is 9.86. The van der Waals surface area contributed by atoms with Gasteiger partial charge in [0.1, 0.15) is 11.3 Å². The van der Waals surface area contributed by atoms with Gasteiger partial charge in [0, 0.05) is 35.8 Å². The number of aryl methyl sites for hydroxylation is 1. The molecule has 32 heavy (non-hydrogen) atoms. The Morgan fingerprint density at radius 1 is 1.06 bits per heavy atom. The monoisotopic (exact) mass is 461 g/mol. The Morgan fingerprint density at radius 3 is 2.53 bits per heavy atom. The molecule has 0 spiro atoms. The molecule has 1 aliphatic carbocycles. The van der Waals surface area contributed by atoms with Gasteiger partial charge in [-0.3, -0.25) is 4.98 Å². The first-order chi connectivity index (χ1) is 15.3. The van der Waals surface area contributed by atoms with Crippen molar-refractivity contribution >= 4 is 34.3 Å². The van der Waals surface area contributed by atoms with Crippen molar-refractivity contribution in [2.45, 2.75) is 44.6 Å². The van der Waals surface area contributed by atoms with Crippen LogP contribution in [0, 0.1) is 18.7 Å². The van der Waals surface area contributed by atoms with Crippen LogP contribution in [-0.4, -0.2) is 34.1 Å². The Morgan fingerprint density at radius 2 is 1.81 bits per heavy atom. The van der Waals surface area contributed by atoms with Crippen molar-refractivity contribution in [3.05, 3.63) is 52.6 Å². The quantitative estimate of drug-likeness (QED) is 0.527. The zero-order valence-electron chi connectivity index (χ0n) is 17.6. The summed E-state index contributed by atoms with van der Waals surface area (Å²) < 4.78 is 44.4. The molecule has 2 fully saturated rings. The van der Waals surface area contributed by atoms with E-state index in [2.05, 4.69) is 10.3 Å². The second-order valence-electron chi connectivity index (χ2n) is 8.64. The maximum Gasteiger partial charge on any atom is 0.279 e. The van der Waals surface area contributed by atoms with Crippen molar-refractivity contribution in [1.82, 2.24) is 15.0 Å². The molecule has 1 saturated heterocycles. The van der Waals surface area contributed by atoms with Crippen LogP contribution in [0.15, 0.2) is 30.5 Å². The minimum absolute atomic E-state index is 0.101. The van der Waals surface area contributed by atoms with Crippen LogP contribution in [0.4, 0.5) is 24.8 Å². The van der Waals surface area contributed by atoms with Crippen LogP contribution >= 0.6 is 11.6 Å². The number of benzene rings is 1. The molecule has 0 amide bonds. The predicted octanol–water partition coefficient (Wildman–Crippen LogP) is 5.71. The van der Waals surface area contributed by atoms with E-state index in [0.717, 1.165) is 36.2 Å². The number of aromatic nitrogens is 3. The molecule has 1 saturated carbocycles. The van der Waals surface area contributed by atoms with E-state index in [0.29, 0.717) is 36.3 Å². The summed E-state index contributed by atoms with van der Waals surface area (Å²) in [6.07, 6.45) is 4.24. The number of rotatable bonds is 5. The second kappa shape index (κ2) is 8.06. The first-order valence-corrected chi connectivity index (χ1v) is 11.2. The fourth-order valence-electron chi connectivity index (χ4n) is 4.22. The topological polar surface area (TPSA) is 53.9 Å². The van der Waals surface area contributed by atoms with Gasteiger partial charge in [0.15, 0.2) is 11.6 Å². The third kappa shape index (κ3) is 4.08. The molecule has 5 rings (SSSR count). The maximum atomic E-state index is 15.2. The van der Waals surface area contributed by atoms with Crippen molar-refractivity contribution in [3.63, 3.8) is 0 Å². The smallest absolute Gasteiger partial charge is 0.279 e. The van der Waals surface area contributed by atoms with Crippen LogP contribution in [0.25, 0.3) is 11.0 Å². The largest absolute Gasteiger partial charge is 0.364 e. The maximum absolute atomic E-state index is 15.2. The van der Waals surface area contributed by atoms with E-state index in [9.17, 15) is 4.39 Å². The molecule has 1 N–H and O–H groups in total. The van der Waals surface area contributed by atoms with Crippen LogP contribution in [0.2, 0.25) is 5.02 Å². The van der Waals surface area contributed by atoms with E-state index >= 15 is 8.78 Å². The van der Waals surface area contributed by atoms with Gasteiger partial charge in [0.05, 0.1) is 17.3 Å². The molecule has 0 unspecified atom stereocenters. The van der Waals surface area contributed by atoms with Crippen LogP contribution in [0.5, 0.6) is 0 Å². The van der Waals surface area contributed by atoms with E-state index in [1.807, 2.05) is 17.9 Å². The normalized spacial score (nSPS) is 17.7. The van der Waals surface area contributed by atoms with Crippen molar-refractivity contribution in [2.24, 2.45) is 5.92 Å².